The first-order chi connectivity index (χ1) is 10.1. The molecule has 3 atom stereocenters. The smallest absolute Gasteiger partial charge is 0.225 e. The first kappa shape index (κ1) is 14.4. The van der Waals surface area contributed by atoms with Gasteiger partial charge in [0.1, 0.15) is 0 Å². The lowest BCUT2D eigenvalue weighted by atomic mass is 9.87. The summed E-state index contributed by atoms with van der Waals surface area (Å²) in [6, 6.07) is 8.47. The molecule has 2 N–H and O–H groups in total. The normalized spacial score (nSPS) is 28.8. The maximum atomic E-state index is 12.5. The summed E-state index contributed by atoms with van der Waals surface area (Å²) in [5.74, 6) is 0.830. The lowest BCUT2D eigenvalue weighted by Gasteiger charge is -2.31. The van der Waals surface area contributed by atoms with Crippen molar-refractivity contribution in [2.24, 2.45) is 11.8 Å². The van der Waals surface area contributed by atoms with Crippen molar-refractivity contribution in [1.29, 1.82) is 0 Å². The lowest BCUT2D eigenvalue weighted by molar-refractivity contribution is -0.125. The van der Waals surface area contributed by atoms with Crippen LogP contribution in [0.25, 0.3) is 0 Å². The van der Waals surface area contributed by atoms with Crippen LogP contribution in [0, 0.1) is 11.8 Å². The number of hydrogen-bond donors (Lipinski definition) is 2. The highest BCUT2D eigenvalue weighted by Gasteiger charge is 2.31. The van der Waals surface area contributed by atoms with Crippen LogP contribution in [-0.4, -0.2) is 43.5 Å². The summed E-state index contributed by atoms with van der Waals surface area (Å²) in [5.41, 5.74) is 2.42. The second-order valence-electron chi connectivity index (χ2n) is 6.56. The highest BCUT2D eigenvalue weighted by molar-refractivity contribution is 5.81. The maximum Gasteiger partial charge on any atom is 0.225 e. The number of hydrogen-bond acceptors (Lipinski definition) is 3. The molecule has 2 aliphatic rings. The van der Waals surface area contributed by atoms with E-state index in [0.717, 1.165) is 26.1 Å². The molecular weight excluding hydrogens is 262 g/mol. The Bertz CT molecular complexity index is 517. The highest BCUT2D eigenvalue weighted by Crippen LogP contribution is 2.28. The van der Waals surface area contributed by atoms with Crippen LogP contribution >= 0.6 is 0 Å². The van der Waals surface area contributed by atoms with E-state index in [4.69, 9.17) is 0 Å². The molecule has 4 heteroatoms. The standard InChI is InChI=1S/C17H25N3O/c1-12-15(9-14-5-3-4-6-16(14)19-12)17(21)18-10-13-7-8-20(2)11-13/h3-6,12-13,15,19H,7-11H2,1-2H3,(H,18,21). The van der Waals surface area contributed by atoms with E-state index in [1.54, 1.807) is 0 Å². The summed E-state index contributed by atoms with van der Waals surface area (Å²) in [7, 11) is 2.14. The van der Waals surface area contributed by atoms with Crippen LogP contribution in [0.4, 0.5) is 5.69 Å². The topological polar surface area (TPSA) is 44.4 Å². The number of nitrogens with zero attached hydrogens (tertiary/aromatic N) is 1. The van der Waals surface area contributed by atoms with Gasteiger partial charge in [-0.05, 0) is 50.9 Å². The summed E-state index contributed by atoms with van der Waals surface area (Å²) in [6.45, 7) is 5.16. The predicted molar refractivity (Wildman–Crippen MR) is 85.3 cm³/mol. The Kier molecular flexibility index (Phi) is 4.15. The van der Waals surface area contributed by atoms with Crippen LogP contribution in [0.5, 0.6) is 0 Å². The van der Waals surface area contributed by atoms with Gasteiger partial charge in [0.25, 0.3) is 0 Å². The van der Waals surface area contributed by atoms with Crippen LogP contribution in [-0.2, 0) is 11.2 Å². The van der Waals surface area contributed by atoms with Gasteiger partial charge in [0.05, 0.1) is 5.92 Å². The second-order valence-corrected chi connectivity index (χ2v) is 6.56. The molecule has 1 amide bonds. The minimum Gasteiger partial charge on any atom is -0.382 e. The molecule has 1 saturated heterocycles. The minimum atomic E-state index is 0.0269. The molecule has 4 nitrogen and oxygen atoms in total. The quantitative estimate of drug-likeness (QED) is 0.890. The largest absolute Gasteiger partial charge is 0.382 e. The third-order valence-corrected chi connectivity index (χ3v) is 4.83. The number of fused-ring (bicyclic) bond motifs is 1. The van der Waals surface area contributed by atoms with Crippen molar-refractivity contribution in [2.45, 2.75) is 25.8 Å². The first-order valence-electron chi connectivity index (χ1n) is 7.94. The third kappa shape index (κ3) is 3.21. The molecule has 0 radical (unpaired) electrons. The van der Waals surface area contributed by atoms with Gasteiger partial charge in [0.2, 0.25) is 5.91 Å². The summed E-state index contributed by atoms with van der Waals surface area (Å²) >= 11 is 0. The number of likely N-dealkylation sites (tertiary alicyclic amines) is 1. The average Bonchev–Trinajstić information content (AvgIpc) is 2.89. The number of para-hydroxylation sites is 1. The van der Waals surface area contributed by atoms with Gasteiger partial charge in [0.15, 0.2) is 0 Å². The molecule has 3 unspecified atom stereocenters. The fourth-order valence-corrected chi connectivity index (χ4v) is 3.49. The fourth-order valence-electron chi connectivity index (χ4n) is 3.49. The Morgan fingerprint density at radius 2 is 2.24 bits per heavy atom. The third-order valence-electron chi connectivity index (χ3n) is 4.83. The number of benzene rings is 1. The number of carbonyl (C=O) groups excluding carboxylic acids is 1. The van der Waals surface area contributed by atoms with Gasteiger partial charge in [0, 0.05) is 24.8 Å². The molecule has 0 aliphatic carbocycles. The molecule has 2 aliphatic heterocycles. The molecule has 0 spiro atoms. The highest BCUT2D eigenvalue weighted by atomic mass is 16.1. The SMILES string of the molecule is CC1Nc2ccccc2CC1C(=O)NCC1CCN(C)C1. The molecule has 2 heterocycles. The molecule has 21 heavy (non-hydrogen) atoms. The molecule has 1 fully saturated rings. The van der Waals surface area contributed by atoms with Crippen molar-refractivity contribution in [3.63, 3.8) is 0 Å². The molecule has 1 aromatic carbocycles. The lowest BCUT2D eigenvalue weighted by Crippen LogP contribution is -2.44. The van der Waals surface area contributed by atoms with Gasteiger partial charge in [-0.15, -0.1) is 0 Å². The van der Waals surface area contributed by atoms with Crippen molar-refractivity contribution in [3.05, 3.63) is 29.8 Å². The summed E-state index contributed by atoms with van der Waals surface area (Å²) in [5, 5.41) is 6.63. The summed E-state index contributed by atoms with van der Waals surface area (Å²) in [6.07, 6.45) is 2.03. The number of amides is 1. The van der Waals surface area contributed by atoms with Gasteiger partial charge >= 0.3 is 0 Å². The summed E-state index contributed by atoms with van der Waals surface area (Å²) < 4.78 is 0. The zero-order chi connectivity index (χ0) is 14.8. The van der Waals surface area contributed by atoms with E-state index in [1.165, 1.54) is 17.7 Å². The summed E-state index contributed by atoms with van der Waals surface area (Å²) in [4.78, 5) is 14.8. The molecule has 0 aromatic heterocycles. The number of nitrogens with one attached hydrogen (secondary N) is 2. The van der Waals surface area contributed by atoms with E-state index in [-0.39, 0.29) is 17.9 Å². The van der Waals surface area contributed by atoms with Gasteiger partial charge < -0.3 is 15.5 Å². The van der Waals surface area contributed by atoms with Crippen LogP contribution in [0.2, 0.25) is 0 Å². The van der Waals surface area contributed by atoms with E-state index in [2.05, 4.69) is 41.6 Å². The Morgan fingerprint density at radius 1 is 1.43 bits per heavy atom. The maximum absolute atomic E-state index is 12.5. The second kappa shape index (κ2) is 6.06. The Balaban J connectivity index is 1.57. The van der Waals surface area contributed by atoms with E-state index in [0.29, 0.717) is 5.92 Å². The molecule has 0 bridgehead atoms. The average molecular weight is 287 g/mol. The monoisotopic (exact) mass is 287 g/mol. The molecule has 114 valence electrons. The van der Waals surface area contributed by atoms with Gasteiger partial charge in [-0.25, -0.2) is 0 Å². The van der Waals surface area contributed by atoms with E-state index < -0.39 is 0 Å². The Labute approximate surface area is 126 Å². The van der Waals surface area contributed by atoms with Crippen LogP contribution < -0.4 is 10.6 Å². The molecule has 3 rings (SSSR count). The van der Waals surface area contributed by atoms with Crippen molar-refractivity contribution in [3.8, 4) is 0 Å². The molecular formula is C17H25N3O. The number of rotatable bonds is 3. The van der Waals surface area contributed by atoms with E-state index in [1.807, 2.05) is 12.1 Å². The zero-order valence-electron chi connectivity index (χ0n) is 12.9. The molecule has 1 aromatic rings. The number of anilines is 1. The van der Waals surface area contributed by atoms with Crippen LogP contribution in [0.15, 0.2) is 24.3 Å². The first-order valence-corrected chi connectivity index (χ1v) is 7.94. The zero-order valence-corrected chi connectivity index (χ0v) is 12.9. The predicted octanol–water partition coefficient (Wildman–Crippen LogP) is 1.73. The van der Waals surface area contributed by atoms with E-state index in [9.17, 15) is 4.79 Å². The van der Waals surface area contributed by atoms with Crippen molar-refractivity contribution < 1.29 is 4.79 Å². The van der Waals surface area contributed by atoms with Gasteiger partial charge in [-0.2, -0.15) is 0 Å². The Morgan fingerprint density at radius 3 is 3.00 bits per heavy atom. The van der Waals surface area contributed by atoms with Crippen LogP contribution in [0.3, 0.4) is 0 Å². The van der Waals surface area contributed by atoms with Crippen LogP contribution in [0.1, 0.15) is 18.9 Å². The fraction of sp³-hybridized carbons (Fsp3) is 0.588. The van der Waals surface area contributed by atoms with Crippen molar-refractivity contribution in [1.82, 2.24) is 10.2 Å². The van der Waals surface area contributed by atoms with Gasteiger partial charge in [-0.3, -0.25) is 4.79 Å². The number of carbonyl (C=O) groups is 1. The minimum absolute atomic E-state index is 0.0269. The van der Waals surface area contributed by atoms with Crippen molar-refractivity contribution in [2.75, 3.05) is 32.0 Å². The Hall–Kier alpha value is -1.55. The van der Waals surface area contributed by atoms with Gasteiger partial charge in [-0.1, -0.05) is 18.2 Å². The molecule has 0 saturated carbocycles. The van der Waals surface area contributed by atoms with E-state index >= 15 is 0 Å². The van der Waals surface area contributed by atoms with Crippen molar-refractivity contribution >= 4 is 11.6 Å².